The lowest BCUT2D eigenvalue weighted by atomic mass is 9.83. The average Bonchev–Trinajstić information content (AvgIpc) is 3.04. The lowest BCUT2D eigenvalue weighted by Crippen LogP contribution is -2.37. The Kier molecular flexibility index (Phi) is 5.56. The molecule has 0 saturated heterocycles. The molecular weight excluding hydrogens is 320 g/mol. The van der Waals surface area contributed by atoms with Crippen LogP contribution < -0.4 is 0 Å². The van der Waals surface area contributed by atoms with Gasteiger partial charge in [0, 0.05) is 5.92 Å². The van der Waals surface area contributed by atoms with Gasteiger partial charge in [0.2, 0.25) is 6.29 Å². The molecule has 134 valence electrons. The molecule has 1 aliphatic heterocycles. The summed E-state index contributed by atoms with van der Waals surface area (Å²) < 4.78 is 17.0. The zero-order valence-electron chi connectivity index (χ0n) is 14.6. The largest absolute Gasteiger partial charge is 0.471 e. The Morgan fingerprint density at radius 1 is 1.32 bits per heavy atom. The smallest absolute Gasteiger partial charge is 0.337 e. The number of hydrogen-bond donors (Lipinski definition) is 1. The molecule has 1 heterocycles. The van der Waals surface area contributed by atoms with E-state index in [1.165, 1.54) is 6.26 Å². The van der Waals surface area contributed by atoms with Crippen molar-refractivity contribution in [2.45, 2.75) is 39.3 Å². The summed E-state index contributed by atoms with van der Waals surface area (Å²) in [6.45, 7) is 3.98. The third kappa shape index (κ3) is 3.94. The topological polar surface area (TPSA) is 65.0 Å². The van der Waals surface area contributed by atoms with E-state index in [0.29, 0.717) is 18.6 Å². The maximum Gasteiger partial charge on any atom is 0.337 e. The first-order chi connectivity index (χ1) is 12.1. The van der Waals surface area contributed by atoms with Gasteiger partial charge in [0.1, 0.15) is 0 Å². The molecule has 25 heavy (non-hydrogen) atoms. The molecule has 1 aromatic carbocycles. The second kappa shape index (κ2) is 7.85. The van der Waals surface area contributed by atoms with Gasteiger partial charge < -0.3 is 19.3 Å². The van der Waals surface area contributed by atoms with Crippen LogP contribution in [-0.2, 0) is 25.6 Å². The maximum absolute atomic E-state index is 12.3. The minimum absolute atomic E-state index is 0.0672. The van der Waals surface area contributed by atoms with Crippen molar-refractivity contribution in [3.8, 4) is 0 Å². The van der Waals surface area contributed by atoms with Crippen LogP contribution in [0.4, 0.5) is 0 Å². The number of hydrogen-bond acceptors (Lipinski definition) is 5. The van der Waals surface area contributed by atoms with E-state index in [1.54, 1.807) is 0 Å². The molecule has 0 aromatic heterocycles. The van der Waals surface area contributed by atoms with Gasteiger partial charge in [-0.3, -0.25) is 0 Å². The van der Waals surface area contributed by atoms with E-state index in [0.717, 1.165) is 11.1 Å². The average molecular weight is 344 g/mol. The molecule has 3 rings (SSSR count). The molecule has 3 atom stereocenters. The molecule has 0 unspecified atom stereocenters. The molecule has 5 nitrogen and oxygen atoms in total. The summed E-state index contributed by atoms with van der Waals surface area (Å²) in [5.41, 5.74) is 2.41. The molecule has 0 amide bonds. The van der Waals surface area contributed by atoms with Crippen LogP contribution in [0.2, 0.25) is 0 Å². The highest BCUT2D eigenvalue weighted by atomic mass is 16.7. The molecule has 1 N–H and O–H groups in total. The first-order valence-corrected chi connectivity index (χ1v) is 8.62. The summed E-state index contributed by atoms with van der Waals surface area (Å²) >= 11 is 0. The van der Waals surface area contributed by atoms with E-state index in [1.807, 2.05) is 50.3 Å². The first-order valence-electron chi connectivity index (χ1n) is 8.62. The van der Waals surface area contributed by atoms with Gasteiger partial charge >= 0.3 is 5.97 Å². The molecule has 0 fully saturated rings. The van der Waals surface area contributed by atoms with Crippen LogP contribution in [-0.4, -0.2) is 30.1 Å². The van der Waals surface area contributed by atoms with Crippen LogP contribution in [0.3, 0.4) is 0 Å². The Morgan fingerprint density at radius 2 is 2.08 bits per heavy atom. The molecule has 5 heteroatoms. The van der Waals surface area contributed by atoms with Gasteiger partial charge in [0.05, 0.1) is 37.1 Å². The van der Waals surface area contributed by atoms with E-state index in [9.17, 15) is 9.90 Å². The van der Waals surface area contributed by atoms with Gasteiger partial charge in [0.25, 0.3) is 0 Å². The van der Waals surface area contributed by atoms with Crippen LogP contribution in [0.1, 0.15) is 25.8 Å². The number of rotatable bonds is 6. The van der Waals surface area contributed by atoms with Crippen LogP contribution >= 0.6 is 0 Å². The van der Waals surface area contributed by atoms with Gasteiger partial charge in [-0.25, -0.2) is 4.79 Å². The van der Waals surface area contributed by atoms with Crippen LogP contribution in [0.15, 0.2) is 53.8 Å². The SMILES string of the molecule is CC(C)OC(=O)C1=CO[C@@H](OCc2ccccc2)[C@@H]2C(CO)=CC[C@H]12. The number of esters is 1. The van der Waals surface area contributed by atoms with Gasteiger partial charge in [-0.05, 0) is 31.4 Å². The predicted octanol–water partition coefficient (Wildman–Crippen LogP) is 2.95. The number of allylic oxidation sites excluding steroid dienone is 1. The van der Waals surface area contributed by atoms with Crippen LogP contribution in [0.25, 0.3) is 0 Å². The molecule has 0 saturated carbocycles. The van der Waals surface area contributed by atoms with Crippen molar-refractivity contribution < 1.29 is 24.1 Å². The third-order valence-electron chi connectivity index (χ3n) is 4.54. The fraction of sp³-hybridized carbons (Fsp3) is 0.450. The third-order valence-corrected chi connectivity index (χ3v) is 4.54. The fourth-order valence-corrected chi connectivity index (χ4v) is 3.36. The number of carbonyl (C=O) groups is 1. The van der Waals surface area contributed by atoms with E-state index in [2.05, 4.69) is 0 Å². The number of aliphatic hydroxyl groups is 1. The number of carbonyl (C=O) groups excluding carboxylic acids is 1. The molecule has 0 radical (unpaired) electrons. The summed E-state index contributed by atoms with van der Waals surface area (Å²) in [5, 5.41) is 9.66. The van der Waals surface area contributed by atoms with E-state index in [-0.39, 0.29) is 30.5 Å². The Morgan fingerprint density at radius 3 is 2.76 bits per heavy atom. The summed E-state index contributed by atoms with van der Waals surface area (Å²) in [6.07, 6.45) is 3.40. The second-order valence-corrected chi connectivity index (χ2v) is 6.63. The Bertz CT molecular complexity index is 662. The number of benzene rings is 1. The highest BCUT2D eigenvalue weighted by Gasteiger charge is 2.44. The molecule has 1 aliphatic carbocycles. The van der Waals surface area contributed by atoms with E-state index >= 15 is 0 Å². The lowest BCUT2D eigenvalue weighted by Gasteiger charge is -2.34. The Hall–Kier alpha value is -2.11. The van der Waals surface area contributed by atoms with Gasteiger partial charge in [-0.1, -0.05) is 36.4 Å². The van der Waals surface area contributed by atoms with Crippen LogP contribution in [0, 0.1) is 11.8 Å². The zero-order valence-corrected chi connectivity index (χ0v) is 14.6. The minimum Gasteiger partial charge on any atom is -0.471 e. The molecule has 2 aliphatic rings. The first kappa shape index (κ1) is 17.7. The normalized spacial score (nSPS) is 25.0. The van der Waals surface area contributed by atoms with Crippen LogP contribution in [0.5, 0.6) is 0 Å². The van der Waals surface area contributed by atoms with Gasteiger partial charge in [0.15, 0.2) is 0 Å². The Labute approximate surface area is 147 Å². The van der Waals surface area contributed by atoms with E-state index in [4.69, 9.17) is 14.2 Å². The van der Waals surface area contributed by atoms with Crippen molar-refractivity contribution in [2.24, 2.45) is 11.8 Å². The van der Waals surface area contributed by atoms with Crippen molar-refractivity contribution >= 4 is 5.97 Å². The summed E-state index contributed by atoms with van der Waals surface area (Å²) in [6, 6.07) is 9.84. The van der Waals surface area contributed by atoms with Gasteiger partial charge in [-0.15, -0.1) is 0 Å². The van der Waals surface area contributed by atoms with Crippen molar-refractivity contribution in [1.29, 1.82) is 0 Å². The summed E-state index contributed by atoms with van der Waals surface area (Å²) in [7, 11) is 0. The zero-order chi connectivity index (χ0) is 17.8. The maximum atomic E-state index is 12.3. The monoisotopic (exact) mass is 344 g/mol. The number of aliphatic hydroxyl groups excluding tert-OH is 1. The lowest BCUT2D eigenvalue weighted by molar-refractivity contribution is -0.163. The Balaban J connectivity index is 1.75. The van der Waals surface area contributed by atoms with Crippen molar-refractivity contribution in [3.63, 3.8) is 0 Å². The predicted molar refractivity (Wildman–Crippen MR) is 92.2 cm³/mol. The molecular formula is C20H24O5. The van der Waals surface area contributed by atoms with Crippen molar-refractivity contribution in [1.82, 2.24) is 0 Å². The second-order valence-electron chi connectivity index (χ2n) is 6.63. The van der Waals surface area contributed by atoms with Crippen molar-refractivity contribution in [3.05, 3.63) is 59.4 Å². The summed E-state index contributed by atoms with van der Waals surface area (Å²) in [4.78, 5) is 12.3. The summed E-state index contributed by atoms with van der Waals surface area (Å²) in [5.74, 6) is -0.615. The van der Waals surface area contributed by atoms with Gasteiger partial charge in [-0.2, -0.15) is 0 Å². The minimum atomic E-state index is -0.526. The number of fused-ring (bicyclic) bond motifs is 1. The number of ether oxygens (including phenoxy) is 3. The van der Waals surface area contributed by atoms with E-state index < -0.39 is 6.29 Å². The highest BCUT2D eigenvalue weighted by Crippen LogP contribution is 2.43. The highest BCUT2D eigenvalue weighted by molar-refractivity contribution is 5.89. The van der Waals surface area contributed by atoms with Crippen molar-refractivity contribution in [2.75, 3.05) is 6.61 Å². The molecule has 1 aromatic rings. The molecule has 0 bridgehead atoms. The fourth-order valence-electron chi connectivity index (χ4n) is 3.36. The standard InChI is InChI=1S/C20H24O5/c1-13(2)25-19(22)17-12-24-20(18-15(10-21)8-9-16(17)18)23-11-14-6-4-3-5-7-14/h3-8,12-13,16,18,20-21H,9-11H2,1-2H3/t16-,18-,20-/m1/s1. The molecule has 0 spiro atoms. The quantitative estimate of drug-likeness (QED) is 0.635.